The van der Waals surface area contributed by atoms with Crippen molar-refractivity contribution in [3.8, 4) is 0 Å². The van der Waals surface area contributed by atoms with E-state index in [1.54, 1.807) is 11.0 Å². The highest BCUT2D eigenvalue weighted by Gasteiger charge is 2.40. The first kappa shape index (κ1) is 17.7. The Morgan fingerprint density at radius 2 is 1.91 bits per heavy atom. The van der Waals surface area contributed by atoms with Gasteiger partial charge in [0.05, 0.1) is 30.9 Å². The van der Waals surface area contributed by atoms with Crippen molar-refractivity contribution in [1.82, 2.24) is 4.90 Å². The minimum atomic E-state index is -0.419. The average molecular weight is 324 g/mol. The Bertz CT molecular complexity index is 571. The molecule has 1 aromatic carbocycles. The molecule has 0 unspecified atom stereocenters. The highest BCUT2D eigenvalue weighted by molar-refractivity contribution is 5.90. The van der Waals surface area contributed by atoms with E-state index >= 15 is 0 Å². The van der Waals surface area contributed by atoms with E-state index in [2.05, 4.69) is 5.32 Å². The molecule has 23 heavy (non-hydrogen) atoms. The molecule has 2 amide bonds. The lowest BCUT2D eigenvalue weighted by Gasteiger charge is -2.47. The van der Waals surface area contributed by atoms with Crippen molar-refractivity contribution >= 4 is 11.7 Å². The summed E-state index contributed by atoms with van der Waals surface area (Å²) in [5, 5.41) is 2.85. The number of rotatable bonds is 3. The maximum atomic E-state index is 13.4. The summed E-state index contributed by atoms with van der Waals surface area (Å²) in [7, 11) is 1.53. The summed E-state index contributed by atoms with van der Waals surface area (Å²) >= 11 is 0. The summed E-state index contributed by atoms with van der Waals surface area (Å²) in [5.41, 5.74) is 0.321. The third-order valence-electron chi connectivity index (χ3n) is 3.59. The average Bonchev–Trinajstić information content (AvgIpc) is 2.38. The number of ether oxygens (including phenoxy) is 2. The van der Waals surface area contributed by atoms with E-state index in [-0.39, 0.29) is 18.5 Å². The van der Waals surface area contributed by atoms with E-state index in [1.807, 2.05) is 27.7 Å². The first-order chi connectivity index (χ1) is 10.6. The molecule has 0 aromatic heterocycles. The number of nitrogens with zero attached hydrogens (tertiary/aromatic N) is 1. The first-order valence-corrected chi connectivity index (χ1v) is 7.65. The molecule has 1 fully saturated rings. The van der Waals surface area contributed by atoms with Gasteiger partial charge < -0.3 is 19.7 Å². The maximum Gasteiger partial charge on any atom is 0.322 e. The quantitative estimate of drug-likeness (QED) is 0.927. The summed E-state index contributed by atoms with van der Waals surface area (Å²) in [6, 6.07) is 4.02. The normalized spacial score (nSPS) is 19.5. The zero-order valence-electron chi connectivity index (χ0n) is 14.4. The zero-order chi connectivity index (χ0) is 17.3. The molecule has 2 rings (SSSR count). The maximum absolute atomic E-state index is 13.4. The van der Waals surface area contributed by atoms with E-state index in [1.165, 1.54) is 19.2 Å². The van der Waals surface area contributed by atoms with Crippen molar-refractivity contribution < 1.29 is 18.7 Å². The number of methoxy groups -OCH3 is 1. The lowest BCUT2D eigenvalue weighted by Crippen LogP contribution is -2.59. The molecule has 1 heterocycles. The van der Waals surface area contributed by atoms with E-state index in [9.17, 15) is 9.18 Å². The molecule has 0 spiro atoms. The fourth-order valence-corrected chi connectivity index (χ4v) is 3.08. The second-order valence-electron chi connectivity index (χ2n) is 7.14. The molecule has 1 aliphatic rings. The van der Waals surface area contributed by atoms with Crippen molar-refractivity contribution in [3.05, 3.63) is 29.6 Å². The Morgan fingerprint density at radius 1 is 1.30 bits per heavy atom. The number of morpholine rings is 1. The highest BCUT2D eigenvalue weighted by atomic mass is 19.1. The van der Waals surface area contributed by atoms with Crippen molar-refractivity contribution in [1.29, 1.82) is 0 Å². The number of carbonyl (C=O) groups excluding carboxylic acids is 1. The molecule has 0 aliphatic carbocycles. The number of nitrogens with one attached hydrogen (secondary N) is 1. The standard InChI is InChI=1S/C17H25FN2O3/c1-16(2)10-20(11-17(3,4)23-16)15(21)19-14-7-6-13(18)8-12(14)9-22-5/h6-8H,9-11H2,1-5H3,(H,19,21). The fraction of sp³-hybridized carbons (Fsp3) is 0.588. The van der Waals surface area contributed by atoms with Crippen LogP contribution in [0.1, 0.15) is 33.3 Å². The van der Waals surface area contributed by atoms with Gasteiger partial charge in [-0.25, -0.2) is 9.18 Å². The zero-order valence-corrected chi connectivity index (χ0v) is 14.4. The summed E-state index contributed by atoms with van der Waals surface area (Å²) in [6.45, 7) is 9.05. The van der Waals surface area contributed by atoms with Crippen LogP contribution in [0, 0.1) is 5.82 Å². The lowest BCUT2D eigenvalue weighted by molar-refractivity contribution is -0.169. The van der Waals surface area contributed by atoms with Gasteiger partial charge in [0.2, 0.25) is 0 Å². The first-order valence-electron chi connectivity index (χ1n) is 7.65. The van der Waals surface area contributed by atoms with Crippen LogP contribution in [0.15, 0.2) is 18.2 Å². The van der Waals surface area contributed by atoms with Crippen LogP contribution >= 0.6 is 0 Å². The summed E-state index contributed by atoms with van der Waals surface area (Å²) < 4.78 is 24.4. The summed E-state index contributed by atoms with van der Waals surface area (Å²) in [5.74, 6) is -0.358. The van der Waals surface area contributed by atoms with Crippen molar-refractivity contribution in [3.63, 3.8) is 0 Å². The van der Waals surface area contributed by atoms with Crippen LogP contribution in [0.5, 0.6) is 0 Å². The molecule has 0 atom stereocenters. The van der Waals surface area contributed by atoms with Crippen LogP contribution in [-0.4, -0.2) is 42.3 Å². The molecule has 1 aliphatic heterocycles. The molecule has 1 saturated heterocycles. The second kappa shape index (κ2) is 6.45. The van der Waals surface area contributed by atoms with E-state index < -0.39 is 11.2 Å². The van der Waals surface area contributed by atoms with Gasteiger partial charge in [-0.15, -0.1) is 0 Å². The predicted octanol–water partition coefficient (Wildman–Crippen LogP) is 3.39. The van der Waals surface area contributed by atoms with Gasteiger partial charge in [0, 0.05) is 18.4 Å². The third kappa shape index (κ3) is 4.65. The van der Waals surface area contributed by atoms with Crippen LogP contribution in [0.4, 0.5) is 14.9 Å². The topological polar surface area (TPSA) is 50.8 Å². The van der Waals surface area contributed by atoms with Crippen LogP contribution in [0.2, 0.25) is 0 Å². The van der Waals surface area contributed by atoms with Gasteiger partial charge in [-0.3, -0.25) is 0 Å². The van der Waals surface area contributed by atoms with Gasteiger partial charge in [-0.1, -0.05) is 0 Å². The molecule has 6 heteroatoms. The van der Waals surface area contributed by atoms with Crippen molar-refractivity contribution in [2.45, 2.75) is 45.5 Å². The predicted molar refractivity (Wildman–Crippen MR) is 86.9 cm³/mol. The van der Waals surface area contributed by atoms with Gasteiger partial charge in [0.1, 0.15) is 5.82 Å². The van der Waals surface area contributed by atoms with Gasteiger partial charge >= 0.3 is 6.03 Å². The van der Waals surface area contributed by atoms with Gasteiger partial charge in [0.15, 0.2) is 0 Å². The fourth-order valence-electron chi connectivity index (χ4n) is 3.08. The minimum absolute atomic E-state index is 0.224. The van der Waals surface area contributed by atoms with Crippen LogP contribution in [0.25, 0.3) is 0 Å². The number of carbonyl (C=O) groups is 1. The molecular formula is C17H25FN2O3. The molecule has 0 radical (unpaired) electrons. The molecule has 1 aromatic rings. The minimum Gasteiger partial charge on any atom is -0.380 e. The highest BCUT2D eigenvalue weighted by Crippen LogP contribution is 2.28. The second-order valence-corrected chi connectivity index (χ2v) is 7.14. The van der Waals surface area contributed by atoms with Crippen molar-refractivity contribution in [2.24, 2.45) is 0 Å². The molecule has 0 saturated carbocycles. The Balaban J connectivity index is 2.16. The number of hydrogen-bond acceptors (Lipinski definition) is 3. The number of benzene rings is 1. The summed E-state index contributed by atoms with van der Waals surface area (Å²) in [4.78, 5) is 14.3. The number of amides is 2. The Labute approximate surface area is 136 Å². The Morgan fingerprint density at radius 3 is 2.48 bits per heavy atom. The van der Waals surface area contributed by atoms with Crippen LogP contribution in [0.3, 0.4) is 0 Å². The van der Waals surface area contributed by atoms with Crippen molar-refractivity contribution in [2.75, 3.05) is 25.5 Å². The van der Waals surface area contributed by atoms with E-state index in [0.29, 0.717) is 24.3 Å². The number of urea groups is 1. The number of halogens is 1. The Hall–Kier alpha value is -1.66. The van der Waals surface area contributed by atoms with Gasteiger partial charge in [-0.05, 0) is 45.9 Å². The third-order valence-corrected chi connectivity index (χ3v) is 3.59. The molecule has 128 valence electrons. The smallest absolute Gasteiger partial charge is 0.322 e. The number of anilines is 1. The molecular weight excluding hydrogens is 299 g/mol. The van der Waals surface area contributed by atoms with Gasteiger partial charge in [0.25, 0.3) is 0 Å². The molecule has 0 bridgehead atoms. The summed E-state index contributed by atoms with van der Waals surface area (Å²) in [6.07, 6.45) is 0. The van der Waals surface area contributed by atoms with Gasteiger partial charge in [-0.2, -0.15) is 0 Å². The molecule has 5 nitrogen and oxygen atoms in total. The lowest BCUT2D eigenvalue weighted by atomic mass is 9.99. The molecule has 1 N–H and O–H groups in total. The number of hydrogen-bond donors (Lipinski definition) is 1. The monoisotopic (exact) mass is 324 g/mol. The van der Waals surface area contributed by atoms with E-state index in [4.69, 9.17) is 9.47 Å². The van der Waals surface area contributed by atoms with Crippen LogP contribution in [-0.2, 0) is 16.1 Å². The Kier molecular flexibility index (Phi) is 4.96. The van der Waals surface area contributed by atoms with E-state index in [0.717, 1.165) is 0 Å². The SMILES string of the molecule is COCc1cc(F)ccc1NC(=O)N1CC(C)(C)OC(C)(C)C1. The van der Waals surface area contributed by atoms with Crippen LogP contribution < -0.4 is 5.32 Å². The largest absolute Gasteiger partial charge is 0.380 e.